The van der Waals surface area contributed by atoms with Gasteiger partial charge in [0.05, 0.1) is 0 Å². The van der Waals surface area contributed by atoms with E-state index in [1.54, 1.807) is 0 Å². The van der Waals surface area contributed by atoms with E-state index in [1.165, 1.54) is 11.1 Å². The molecule has 0 amide bonds. The minimum Gasteiger partial charge on any atom is -0.488 e. The second-order valence-corrected chi connectivity index (χ2v) is 5.02. The van der Waals surface area contributed by atoms with Gasteiger partial charge in [-0.05, 0) is 56.9 Å². The molecule has 0 aliphatic heterocycles. The first-order valence-electron chi connectivity index (χ1n) is 5.53. The molecule has 0 bridgehead atoms. The monoisotopic (exact) mass is 202 g/mol. The number of benzene rings is 1. The molecular formula is C14H18O. The third-order valence-electron chi connectivity index (χ3n) is 2.42. The van der Waals surface area contributed by atoms with Crippen LogP contribution < -0.4 is 4.74 Å². The lowest BCUT2D eigenvalue weighted by Crippen LogP contribution is -2.23. The summed E-state index contributed by atoms with van der Waals surface area (Å²) in [5.41, 5.74) is 2.63. The predicted octanol–water partition coefficient (Wildman–Crippen LogP) is 3.82. The van der Waals surface area contributed by atoms with E-state index in [0.717, 1.165) is 18.6 Å². The second kappa shape index (κ2) is 3.73. The summed E-state index contributed by atoms with van der Waals surface area (Å²) in [6, 6.07) is 6.37. The van der Waals surface area contributed by atoms with Gasteiger partial charge >= 0.3 is 0 Å². The molecule has 1 aromatic rings. The summed E-state index contributed by atoms with van der Waals surface area (Å²) in [6.45, 7) is 6.23. The van der Waals surface area contributed by atoms with Crippen LogP contribution in [0.2, 0.25) is 0 Å². The van der Waals surface area contributed by atoms with Crippen LogP contribution in [-0.2, 0) is 6.42 Å². The molecule has 1 heteroatoms. The van der Waals surface area contributed by atoms with Crippen LogP contribution in [0.15, 0.2) is 24.3 Å². The van der Waals surface area contributed by atoms with E-state index in [-0.39, 0.29) is 5.60 Å². The molecule has 80 valence electrons. The lowest BCUT2D eigenvalue weighted by molar-refractivity contribution is 0.131. The normalized spacial score (nSPS) is 14.9. The lowest BCUT2D eigenvalue weighted by Gasteiger charge is -2.22. The first kappa shape index (κ1) is 10.3. The molecule has 0 radical (unpaired) electrons. The molecule has 0 saturated carbocycles. The summed E-state index contributed by atoms with van der Waals surface area (Å²) in [5.74, 6) is 0.983. The van der Waals surface area contributed by atoms with Crippen molar-refractivity contribution in [3.8, 4) is 5.75 Å². The standard InChI is InChI=1S/C14H18O/c1-14(2,3)15-13-9-8-11-6-4-5-7-12(11)10-13/h4,6,8-10H,5,7H2,1-3H3. The smallest absolute Gasteiger partial charge is 0.120 e. The molecule has 2 rings (SSSR count). The van der Waals surface area contributed by atoms with E-state index in [4.69, 9.17) is 4.74 Å². The van der Waals surface area contributed by atoms with Gasteiger partial charge in [0.2, 0.25) is 0 Å². The minimum absolute atomic E-state index is 0.112. The van der Waals surface area contributed by atoms with Crippen molar-refractivity contribution in [1.82, 2.24) is 0 Å². The molecule has 1 nitrogen and oxygen atoms in total. The van der Waals surface area contributed by atoms with Gasteiger partial charge in [-0.3, -0.25) is 0 Å². The maximum atomic E-state index is 5.84. The van der Waals surface area contributed by atoms with Crippen LogP contribution in [0.5, 0.6) is 5.75 Å². The number of hydrogen-bond acceptors (Lipinski definition) is 1. The number of ether oxygens (including phenoxy) is 1. The van der Waals surface area contributed by atoms with Crippen LogP contribution >= 0.6 is 0 Å². The Morgan fingerprint density at radius 1 is 1.20 bits per heavy atom. The Morgan fingerprint density at radius 3 is 2.73 bits per heavy atom. The number of fused-ring (bicyclic) bond motifs is 1. The Hall–Kier alpha value is -1.24. The summed E-state index contributed by atoms with van der Waals surface area (Å²) >= 11 is 0. The Bertz CT molecular complexity index is 383. The summed E-state index contributed by atoms with van der Waals surface area (Å²) < 4.78 is 5.84. The van der Waals surface area contributed by atoms with Gasteiger partial charge < -0.3 is 4.74 Å². The lowest BCUT2D eigenvalue weighted by atomic mass is 9.97. The van der Waals surface area contributed by atoms with E-state index in [9.17, 15) is 0 Å². The van der Waals surface area contributed by atoms with Crippen LogP contribution in [0.4, 0.5) is 0 Å². The third-order valence-corrected chi connectivity index (χ3v) is 2.42. The molecule has 0 atom stereocenters. The van der Waals surface area contributed by atoms with Crippen LogP contribution in [-0.4, -0.2) is 5.60 Å². The molecular weight excluding hydrogens is 184 g/mol. The van der Waals surface area contributed by atoms with Gasteiger partial charge in [0.1, 0.15) is 11.4 Å². The van der Waals surface area contributed by atoms with Gasteiger partial charge in [0.15, 0.2) is 0 Å². The van der Waals surface area contributed by atoms with Crippen LogP contribution in [0.1, 0.15) is 38.3 Å². The molecule has 0 spiro atoms. The summed E-state index contributed by atoms with van der Waals surface area (Å²) in [6.07, 6.45) is 6.70. The van der Waals surface area contributed by atoms with E-state index < -0.39 is 0 Å². The van der Waals surface area contributed by atoms with Gasteiger partial charge in [-0.25, -0.2) is 0 Å². The first-order chi connectivity index (χ1) is 7.04. The second-order valence-electron chi connectivity index (χ2n) is 5.02. The molecule has 0 fully saturated rings. The largest absolute Gasteiger partial charge is 0.488 e. The molecule has 0 aromatic heterocycles. The van der Waals surface area contributed by atoms with Crippen molar-refractivity contribution in [3.63, 3.8) is 0 Å². The van der Waals surface area contributed by atoms with Crippen molar-refractivity contribution in [1.29, 1.82) is 0 Å². The van der Waals surface area contributed by atoms with Gasteiger partial charge in [-0.2, -0.15) is 0 Å². The van der Waals surface area contributed by atoms with Crippen molar-refractivity contribution >= 4 is 6.08 Å². The van der Waals surface area contributed by atoms with Crippen molar-refractivity contribution in [3.05, 3.63) is 35.4 Å². The third kappa shape index (κ3) is 2.62. The number of allylic oxidation sites excluding steroid dienone is 1. The molecule has 1 aliphatic carbocycles. The van der Waals surface area contributed by atoms with Crippen molar-refractivity contribution in [2.45, 2.75) is 39.2 Å². The summed E-state index contributed by atoms with van der Waals surface area (Å²) in [7, 11) is 0. The van der Waals surface area contributed by atoms with Gasteiger partial charge in [0, 0.05) is 0 Å². The highest BCUT2D eigenvalue weighted by atomic mass is 16.5. The fourth-order valence-corrected chi connectivity index (χ4v) is 1.83. The fourth-order valence-electron chi connectivity index (χ4n) is 1.83. The zero-order chi connectivity index (χ0) is 10.9. The predicted molar refractivity (Wildman–Crippen MR) is 64.2 cm³/mol. The van der Waals surface area contributed by atoms with E-state index in [1.807, 2.05) is 0 Å². The van der Waals surface area contributed by atoms with E-state index in [0.29, 0.717) is 0 Å². The van der Waals surface area contributed by atoms with Crippen LogP contribution in [0.25, 0.3) is 6.08 Å². The molecule has 1 aliphatic rings. The highest BCUT2D eigenvalue weighted by molar-refractivity contribution is 5.57. The Labute approximate surface area is 91.8 Å². The molecule has 0 heterocycles. The fraction of sp³-hybridized carbons (Fsp3) is 0.429. The van der Waals surface area contributed by atoms with Crippen molar-refractivity contribution < 1.29 is 4.74 Å². The average Bonchev–Trinajstić information content (AvgIpc) is 2.15. The topological polar surface area (TPSA) is 9.23 Å². The Kier molecular flexibility index (Phi) is 2.56. The van der Waals surface area contributed by atoms with Crippen molar-refractivity contribution in [2.24, 2.45) is 0 Å². The van der Waals surface area contributed by atoms with Gasteiger partial charge in [-0.1, -0.05) is 18.2 Å². The van der Waals surface area contributed by atoms with Gasteiger partial charge in [-0.15, -0.1) is 0 Å². The highest BCUT2D eigenvalue weighted by Gasteiger charge is 2.13. The SMILES string of the molecule is CC(C)(C)Oc1ccc2c(c1)CCC=C2. The van der Waals surface area contributed by atoms with Crippen LogP contribution in [0, 0.1) is 0 Å². The number of rotatable bonds is 1. The average molecular weight is 202 g/mol. The number of aryl methyl sites for hydroxylation is 1. The summed E-state index contributed by atoms with van der Waals surface area (Å²) in [5, 5.41) is 0. The van der Waals surface area contributed by atoms with E-state index in [2.05, 4.69) is 51.1 Å². The maximum absolute atomic E-state index is 5.84. The van der Waals surface area contributed by atoms with Crippen LogP contribution in [0.3, 0.4) is 0 Å². The van der Waals surface area contributed by atoms with E-state index >= 15 is 0 Å². The molecule has 0 saturated heterocycles. The zero-order valence-corrected chi connectivity index (χ0v) is 9.71. The highest BCUT2D eigenvalue weighted by Crippen LogP contribution is 2.26. The molecule has 0 unspecified atom stereocenters. The summed E-state index contributed by atoms with van der Waals surface area (Å²) in [4.78, 5) is 0. The Morgan fingerprint density at radius 2 is 2.00 bits per heavy atom. The minimum atomic E-state index is -0.112. The van der Waals surface area contributed by atoms with Gasteiger partial charge in [0.25, 0.3) is 0 Å². The number of hydrogen-bond donors (Lipinski definition) is 0. The molecule has 0 N–H and O–H groups in total. The van der Waals surface area contributed by atoms with Crippen molar-refractivity contribution in [2.75, 3.05) is 0 Å². The molecule has 15 heavy (non-hydrogen) atoms. The quantitative estimate of drug-likeness (QED) is 0.672. The molecule has 1 aromatic carbocycles. The maximum Gasteiger partial charge on any atom is 0.120 e. The first-order valence-corrected chi connectivity index (χ1v) is 5.53. The Balaban J connectivity index is 2.25. The zero-order valence-electron chi connectivity index (χ0n) is 9.71.